The Bertz CT molecular complexity index is 1540. The molecule has 0 radical (unpaired) electrons. The second-order valence-electron chi connectivity index (χ2n) is 11.5. The Hall–Kier alpha value is -4.36. The van der Waals surface area contributed by atoms with Crippen LogP contribution in [0, 0.1) is 17.2 Å². The zero-order valence-electron chi connectivity index (χ0n) is 24.1. The van der Waals surface area contributed by atoms with E-state index in [0.717, 1.165) is 66.0 Å². The molecule has 1 unspecified atom stereocenters. The molecule has 1 N–H and O–H groups in total. The minimum Gasteiger partial charge on any atom is -0.508 e. The van der Waals surface area contributed by atoms with Gasteiger partial charge in [0.2, 0.25) is 5.91 Å². The fourth-order valence-corrected chi connectivity index (χ4v) is 6.55. The highest BCUT2D eigenvalue weighted by molar-refractivity contribution is 5.95. The van der Waals surface area contributed by atoms with Crippen molar-refractivity contribution in [3.8, 4) is 17.8 Å². The number of piperazine rings is 1. The van der Waals surface area contributed by atoms with E-state index in [9.17, 15) is 15.2 Å². The third-order valence-corrected chi connectivity index (χ3v) is 8.69. The van der Waals surface area contributed by atoms with Gasteiger partial charge in [-0.2, -0.15) is 15.2 Å². The standard InChI is InChI=1S/C32H37N7O3/c1-3-30(41)39-15-14-38(19-24(39)8-11-33)31-27-10-13-37(29-17-25(40)16-23-6-4-5-7-26(23)29)20-28(27)34-32(35-31)42-21-22-9-12-36(2)18-22/h3-7,16-17,22,24,40H,1,8-10,12-15,18-21H2,2H3/t22-,24?/m0/s1. The second-order valence-corrected chi connectivity index (χ2v) is 11.5. The van der Waals surface area contributed by atoms with E-state index in [1.54, 1.807) is 11.0 Å². The van der Waals surface area contributed by atoms with Crippen LogP contribution in [0.15, 0.2) is 49.1 Å². The van der Waals surface area contributed by atoms with E-state index >= 15 is 0 Å². The number of benzene rings is 2. The van der Waals surface area contributed by atoms with Gasteiger partial charge in [0.05, 0.1) is 37.4 Å². The van der Waals surface area contributed by atoms with E-state index in [1.807, 2.05) is 24.3 Å². The fraction of sp³-hybridized carbons (Fsp3) is 0.438. The summed E-state index contributed by atoms with van der Waals surface area (Å²) in [5.74, 6) is 1.34. The van der Waals surface area contributed by atoms with Crippen LogP contribution in [0.4, 0.5) is 11.5 Å². The third kappa shape index (κ3) is 5.57. The number of nitriles is 1. The molecule has 10 nitrogen and oxygen atoms in total. The highest BCUT2D eigenvalue weighted by Crippen LogP contribution is 2.37. The number of anilines is 2. The van der Waals surface area contributed by atoms with Gasteiger partial charge in [0, 0.05) is 61.3 Å². The number of fused-ring (bicyclic) bond motifs is 2. The van der Waals surface area contributed by atoms with Crippen molar-refractivity contribution in [3.05, 3.63) is 60.3 Å². The summed E-state index contributed by atoms with van der Waals surface area (Å²) in [6.07, 6.45) is 3.36. The highest BCUT2D eigenvalue weighted by Gasteiger charge is 2.33. The van der Waals surface area contributed by atoms with Crippen molar-refractivity contribution >= 4 is 28.2 Å². The number of rotatable bonds is 7. The fourth-order valence-electron chi connectivity index (χ4n) is 6.55. The van der Waals surface area contributed by atoms with Crippen molar-refractivity contribution < 1.29 is 14.6 Å². The Labute approximate surface area is 246 Å². The molecule has 10 heteroatoms. The lowest BCUT2D eigenvalue weighted by Gasteiger charge is -2.42. The van der Waals surface area contributed by atoms with E-state index in [-0.39, 0.29) is 24.1 Å². The first kappa shape index (κ1) is 27.8. The number of phenolic OH excluding ortho intramolecular Hbond substituents is 1. The number of hydrogen-bond donors (Lipinski definition) is 1. The molecular formula is C32H37N7O3. The van der Waals surface area contributed by atoms with Gasteiger partial charge < -0.3 is 29.4 Å². The van der Waals surface area contributed by atoms with Crippen LogP contribution in [-0.4, -0.2) is 89.7 Å². The van der Waals surface area contributed by atoms with E-state index in [1.165, 1.54) is 6.08 Å². The van der Waals surface area contributed by atoms with Crippen LogP contribution < -0.4 is 14.5 Å². The zero-order valence-corrected chi connectivity index (χ0v) is 24.1. The monoisotopic (exact) mass is 567 g/mol. The maximum atomic E-state index is 12.5. The Balaban J connectivity index is 1.33. The zero-order chi connectivity index (χ0) is 29.2. The molecule has 1 aromatic heterocycles. The van der Waals surface area contributed by atoms with Crippen LogP contribution in [0.2, 0.25) is 0 Å². The molecule has 3 aliphatic heterocycles. The van der Waals surface area contributed by atoms with Gasteiger partial charge in [0.15, 0.2) is 0 Å². The summed E-state index contributed by atoms with van der Waals surface area (Å²) in [5.41, 5.74) is 2.94. The Morgan fingerprint density at radius 3 is 2.81 bits per heavy atom. The molecule has 42 heavy (non-hydrogen) atoms. The second kappa shape index (κ2) is 11.9. The summed E-state index contributed by atoms with van der Waals surface area (Å²) in [5, 5.41) is 22.1. The number of ether oxygens (including phenoxy) is 1. The van der Waals surface area contributed by atoms with Gasteiger partial charge in [0.1, 0.15) is 11.6 Å². The summed E-state index contributed by atoms with van der Waals surface area (Å²) < 4.78 is 6.25. The average molecular weight is 568 g/mol. The lowest BCUT2D eigenvalue weighted by Crippen LogP contribution is -2.55. The molecule has 0 spiro atoms. The molecular weight excluding hydrogens is 530 g/mol. The van der Waals surface area contributed by atoms with Gasteiger partial charge in [-0.15, -0.1) is 0 Å². The van der Waals surface area contributed by atoms with Crippen molar-refractivity contribution in [2.45, 2.75) is 31.8 Å². The maximum Gasteiger partial charge on any atom is 0.318 e. The Morgan fingerprint density at radius 1 is 1.17 bits per heavy atom. The van der Waals surface area contributed by atoms with Crippen LogP contribution in [-0.2, 0) is 17.8 Å². The largest absolute Gasteiger partial charge is 0.508 e. The van der Waals surface area contributed by atoms with Gasteiger partial charge >= 0.3 is 6.01 Å². The van der Waals surface area contributed by atoms with Crippen molar-refractivity contribution in [1.29, 1.82) is 5.26 Å². The average Bonchev–Trinajstić information content (AvgIpc) is 3.43. The first-order valence-electron chi connectivity index (χ1n) is 14.7. The van der Waals surface area contributed by atoms with Gasteiger partial charge in [-0.3, -0.25) is 4.79 Å². The van der Waals surface area contributed by atoms with Crippen LogP contribution in [0.3, 0.4) is 0 Å². The topological polar surface area (TPSA) is 109 Å². The quantitative estimate of drug-likeness (QED) is 0.430. The number of carbonyl (C=O) groups is 1. The van der Waals surface area contributed by atoms with Crippen LogP contribution in [0.25, 0.3) is 10.8 Å². The molecule has 2 aromatic carbocycles. The molecule has 0 bridgehead atoms. The SMILES string of the molecule is C=CC(=O)N1CCN(c2nc(OC[C@H]3CCN(C)C3)nc3c2CCN(c2cc(O)cc4ccccc24)C3)CC1CC#N. The third-order valence-electron chi connectivity index (χ3n) is 8.69. The van der Waals surface area contributed by atoms with E-state index in [4.69, 9.17) is 14.7 Å². The number of hydrogen-bond acceptors (Lipinski definition) is 9. The predicted octanol–water partition coefficient (Wildman–Crippen LogP) is 3.35. The first-order valence-corrected chi connectivity index (χ1v) is 14.7. The molecule has 2 fully saturated rings. The number of phenols is 1. The maximum absolute atomic E-state index is 12.5. The van der Waals surface area contributed by atoms with E-state index in [2.05, 4.69) is 40.5 Å². The number of aromatic hydroxyl groups is 1. The molecule has 3 aliphatic rings. The van der Waals surface area contributed by atoms with E-state index < -0.39 is 0 Å². The van der Waals surface area contributed by atoms with Gasteiger partial charge in [-0.25, -0.2) is 0 Å². The molecule has 0 aliphatic carbocycles. The number of aromatic nitrogens is 2. The normalized spacial score (nSPS) is 20.8. The lowest BCUT2D eigenvalue weighted by molar-refractivity contribution is -0.128. The van der Waals surface area contributed by atoms with Crippen molar-refractivity contribution in [2.75, 3.05) is 62.7 Å². The summed E-state index contributed by atoms with van der Waals surface area (Å²) in [6, 6.07) is 14.1. The number of amides is 1. The smallest absolute Gasteiger partial charge is 0.318 e. The lowest BCUT2D eigenvalue weighted by atomic mass is 10.0. The van der Waals surface area contributed by atoms with E-state index in [0.29, 0.717) is 44.7 Å². The number of nitrogens with zero attached hydrogens (tertiary/aromatic N) is 7. The first-order chi connectivity index (χ1) is 20.4. The predicted molar refractivity (Wildman–Crippen MR) is 162 cm³/mol. The van der Waals surface area contributed by atoms with Crippen LogP contribution in [0.1, 0.15) is 24.1 Å². The van der Waals surface area contributed by atoms with Gasteiger partial charge in [0.25, 0.3) is 0 Å². The van der Waals surface area contributed by atoms with Crippen LogP contribution in [0.5, 0.6) is 11.8 Å². The summed E-state index contributed by atoms with van der Waals surface area (Å²) >= 11 is 0. The molecule has 2 atom stereocenters. The number of likely N-dealkylation sites (tertiary alicyclic amines) is 1. The Kier molecular flexibility index (Phi) is 7.85. The molecule has 3 aromatic rings. The number of carbonyl (C=O) groups excluding carboxylic acids is 1. The molecule has 6 rings (SSSR count). The minimum atomic E-state index is -0.253. The summed E-state index contributed by atoms with van der Waals surface area (Å²) in [7, 11) is 2.13. The van der Waals surface area contributed by atoms with Gasteiger partial charge in [-0.05, 0) is 44.0 Å². The highest BCUT2D eigenvalue weighted by atomic mass is 16.5. The summed E-state index contributed by atoms with van der Waals surface area (Å²) in [4.78, 5) is 30.9. The molecule has 2 saturated heterocycles. The Morgan fingerprint density at radius 2 is 2.02 bits per heavy atom. The molecule has 0 saturated carbocycles. The molecule has 4 heterocycles. The molecule has 1 amide bonds. The van der Waals surface area contributed by atoms with Crippen LogP contribution >= 0.6 is 0 Å². The molecule has 218 valence electrons. The summed E-state index contributed by atoms with van der Waals surface area (Å²) in [6.45, 7) is 9.13. The minimum absolute atomic E-state index is 0.154. The van der Waals surface area contributed by atoms with Gasteiger partial charge in [-0.1, -0.05) is 30.8 Å². The van der Waals surface area contributed by atoms with Crippen molar-refractivity contribution in [1.82, 2.24) is 19.8 Å². The van der Waals surface area contributed by atoms with Crippen molar-refractivity contribution in [3.63, 3.8) is 0 Å². The van der Waals surface area contributed by atoms with Crippen molar-refractivity contribution in [2.24, 2.45) is 5.92 Å².